The van der Waals surface area contributed by atoms with Crippen LogP contribution in [0.2, 0.25) is 5.02 Å². The first-order chi connectivity index (χ1) is 14.4. The zero-order chi connectivity index (χ0) is 21.1. The van der Waals surface area contributed by atoms with E-state index in [1.165, 1.54) is 22.5 Å². The summed E-state index contributed by atoms with van der Waals surface area (Å²) in [5, 5.41) is 7.15. The van der Waals surface area contributed by atoms with Crippen LogP contribution in [0.25, 0.3) is 5.69 Å². The molecule has 1 amide bonds. The number of anilines is 1. The minimum Gasteiger partial charge on any atom is -0.305 e. The number of carbonyl (C=O) groups excluding carboxylic acids is 1. The highest BCUT2D eigenvalue weighted by atomic mass is 35.5. The van der Waals surface area contributed by atoms with Gasteiger partial charge in [-0.2, -0.15) is 9.40 Å². The first-order valence-corrected chi connectivity index (χ1v) is 11.5. The fourth-order valence-electron chi connectivity index (χ4n) is 3.39. The Balaban J connectivity index is 1.55. The van der Waals surface area contributed by atoms with Crippen molar-refractivity contribution in [3.63, 3.8) is 0 Å². The lowest BCUT2D eigenvalue weighted by molar-refractivity contribution is 0.102. The van der Waals surface area contributed by atoms with Gasteiger partial charge in [-0.25, -0.2) is 13.1 Å². The van der Waals surface area contributed by atoms with Gasteiger partial charge in [-0.15, -0.1) is 0 Å². The molecular formula is C21H21ClN4O3S. The van der Waals surface area contributed by atoms with Gasteiger partial charge < -0.3 is 5.32 Å². The van der Waals surface area contributed by atoms with Crippen LogP contribution in [0.15, 0.2) is 65.7 Å². The number of hydrogen-bond acceptors (Lipinski definition) is 4. The van der Waals surface area contributed by atoms with Crippen molar-refractivity contribution in [3.05, 3.63) is 71.4 Å². The molecule has 7 nitrogen and oxygen atoms in total. The summed E-state index contributed by atoms with van der Waals surface area (Å²) in [4.78, 5) is 12.7. The lowest BCUT2D eigenvalue weighted by Gasteiger charge is -2.26. The van der Waals surface area contributed by atoms with Crippen LogP contribution >= 0.6 is 11.6 Å². The summed E-state index contributed by atoms with van der Waals surface area (Å²) in [5.74, 6) is -0.0979. The fourth-order valence-corrected chi connectivity index (χ4v) is 5.41. The lowest BCUT2D eigenvalue weighted by Crippen LogP contribution is -2.35. The van der Waals surface area contributed by atoms with E-state index in [1.54, 1.807) is 16.9 Å². The molecule has 1 saturated heterocycles. The first kappa shape index (κ1) is 20.6. The molecule has 0 aliphatic carbocycles. The molecule has 2 heterocycles. The van der Waals surface area contributed by atoms with E-state index < -0.39 is 15.9 Å². The zero-order valence-electron chi connectivity index (χ0n) is 16.2. The first-order valence-electron chi connectivity index (χ1n) is 9.67. The average molecular weight is 445 g/mol. The van der Waals surface area contributed by atoms with Crippen molar-refractivity contribution in [2.45, 2.75) is 24.2 Å². The number of para-hydroxylation sites is 1. The minimum absolute atomic E-state index is 0.0477. The predicted molar refractivity (Wildman–Crippen MR) is 116 cm³/mol. The van der Waals surface area contributed by atoms with Crippen molar-refractivity contribution in [1.29, 1.82) is 0 Å². The third-order valence-electron chi connectivity index (χ3n) is 4.98. The summed E-state index contributed by atoms with van der Waals surface area (Å²) in [6, 6.07) is 15.4. The molecular weight excluding hydrogens is 424 g/mol. The van der Waals surface area contributed by atoms with Gasteiger partial charge in [0.05, 0.1) is 10.7 Å². The molecule has 0 saturated carbocycles. The van der Waals surface area contributed by atoms with Gasteiger partial charge in [0.15, 0.2) is 5.82 Å². The average Bonchev–Trinajstić information content (AvgIpc) is 3.23. The van der Waals surface area contributed by atoms with Crippen molar-refractivity contribution >= 4 is 33.3 Å². The third-order valence-corrected chi connectivity index (χ3v) is 7.36. The Morgan fingerprint density at radius 3 is 2.47 bits per heavy atom. The van der Waals surface area contributed by atoms with E-state index in [1.807, 2.05) is 30.3 Å². The summed E-state index contributed by atoms with van der Waals surface area (Å²) >= 11 is 6.18. The Kier molecular flexibility index (Phi) is 5.90. The maximum Gasteiger partial charge on any atom is 0.256 e. The number of amides is 1. The molecule has 30 heavy (non-hydrogen) atoms. The van der Waals surface area contributed by atoms with Crippen LogP contribution in [0.4, 0.5) is 5.82 Å². The molecule has 0 unspecified atom stereocenters. The van der Waals surface area contributed by atoms with Gasteiger partial charge in [0.1, 0.15) is 4.90 Å². The summed E-state index contributed by atoms with van der Waals surface area (Å²) in [6.07, 6.45) is 4.39. The number of aromatic nitrogens is 2. The van der Waals surface area contributed by atoms with E-state index in [2.05, 4.69) is 10.4 Å². The van der Waals surface area contributed by atoms with Crippen molar-refractivity contribution in [2.24, 2.45) is 0 Å². The molecule has 9 heteroatoms. The van der Waals surface area contributed by atoms with Crippen molar-refractivity contribution < 1.29 is 13.2 Å². The van der Waals surface area contributed by atoms with Crippen molar-refractivity contribution in [1.82, 2.24) is 14.1 Å². The second-order valence-electron chi connectivity index (χ2n) is 7.05. The van der Waals surface area contributed by atoms with E-state index in [-0.39, 0.29) is 15.5 Å². The topological polar surface area (TPSA) is 84.3 Å². The molecule has 3 aromatic rings. The van der Waals surface area contributed by atoms with Gasteiger partial charge in [-0.1, -0.05) is 36.2 Å². The Morgan fingerprint density at radius 1 is 1.00 bits per heavy atom. The predicted octanol–water partition coefficient (Wildman–Crippen LogP) is 3.95. The van der Waals surface area contributed by atoms with Gasteiger partial charge >= 0.3 is 0 Å². The normalized spacial score (nSPS) is 15.1. The van der Waals surface area contributed by atoms with Crippen LogP contribution in [0.1, 0.15) is 29.6 Å². The number of piperidine rings is 1. The van der Waals surface area contributed by atoms with E-state index in [9.17, 15) is 13.2 Å². The van der Waals surface area contributed by atoms with E-state index in [4.69, 9.17) is 11.6 Å². The minimum atomic E-state index is -3.75. The van der Waals surface area contributed by atoms with Gasteiger partial charge in [0.2, 0.25) is 10.0 Å². The molecule has 4 rings (SSSR count). The van der Waals surface area contributed by atoms with Gasteiger partial charge in [-0.05, 0) is 43.2 Å². The number of rotatable bonds is 5. The fraction of sp³-hybridized carbons (Fsp3) is 0.238. The maximum absolute atomic E-state index is 13.0. The van der Waals surface area contributed by atoms with Crippen LogP contribution in [0.3, 0.4) is 0 Å². The largest absolute Gasteiger partial charge is 0.305 e. The number of nitrogens with zero attached hydrogens (tertiary/aromatic N) is 3. The molecule has 0 atom stereocenters. The SMILES string of the molecule is O=C(Nc1ccn(-c2ccccc2)n1)c1ccc(Cl)c(S(=O)(=O)N2CCCCC2)c1. The lowest BCUT2D eigenvalue weighted by atomic mass is 10.2. The molecule has 1 aliphatic heterocycles. The maximum atomic E-state index is 13.0. The summed E-state index contributed by atoms with van der Waals surface area (Å²) in [5.41, 5.74) is 1.06. The molecule has 1 N–H and O–H groups in total. The quantitative estimate of drug-likeness (QED) is 0.645. The smallest absolute Gasteiger partial charge is 0.256 e. The van der Waals surface area contributed by atoms with Crippen LogP contribution < -0.4 is 5.32 Å². The Labute approximate surface area is 180 Å². The molecule has 0 radical (unpaired) electrons. The zero-order valence-corrected chi connectivity index (χ0v) is 17.7. The number of sulfonamides is 1. The summed E-state index contributed by atoms with van der Waals surface area (Å²) in [7, 11) is -3.75. The highest BCUT2D eigenvalue weighted by Gasteiger charge is 2.28. The monoisotopic (exact) mass is 444 g/mol. The number of benzene rings is 2. The number of nitrogens with one attached hydrogen (secondary N) is 1. The molecule has 0 bridgehead atoms. The standard InChI is InChI=1S/C21H21ClN4O3S/c22-18-10-9-16(15-19(18)30(28,29)25-12-5-2-6-13-25)21(27)23-20-11-14-26(24-20)17-7-3-1-4-8-17/h1,3-4,7-11,14-15H,2,5-6,12-13H2,(H,23,24,27). The molecule has 2 aromatic carbocycles. The second kappa shape index (κ2) is 8.59. The molecule has 0 spiro atoms. The summed E-state index contributed by atoms with van der Waals surface area (Å²) in [6.45, 7) is 0.929. The van der Waals surface area contributed by atoms with Gasteiger partial charge in [-0.3, -0.25) is 4.79 Å². The third kappa shape index (κ3) is 4.26. The van der Waals surface area contributed by atoms with Crippen molar-refractivity contribution in [3.8, 4) is 5.69 Å². The van der Waals surface area contributed by atoms with E-state index in [0.717, 1.165) is 24.9 Å². The molecule has 156 valence electrons. The highest BCUT2D eigenvalue weighted by molar-refractivity contribution is 7.89. The van der Waals surface area contributed by atoms with Crippen molar-refractivity contribution in [2.75, 3.05) is 18.4 Å². The van der Waals surface area contributed by atoms with Crippen LogP contribution in [0, 0.1) is 0 Å². The van der Waals surface area contributed by atoms with Gasteiger partial charge in [0.25, 0.3) is 5.91 Å². The summed E-state index contributed by atoms with van der Waals surface area (Å²) < 4.78 is 29.1. The molecule has 1 aliphatic rings. The van der Waals surface area contributed by atoms with Crippen LogP contribution in [-0.2, 0) is 10.0 Å². The highest BCUT2D eigenvalue weighted by Crippen LogP contribution is 2.28. The Morgan fingerprint density at radius 2 is 1.73 bits per heavy atom. The number of halogens is 1. The Hall–Kier alpha value is -2.68. The number of carbonyl (C=O) groups is 1. The molecule has 1 aromatic heterocycles. The second-order valence-corrected chi connectivity index (χ2v) is 9.36. The molecule has 1 fully saturated rings. The number of hydrogen-bond donors (Lipinski definition) is 1. The van der Waals surface area contributed by atoms with Gasteiger partial charge in [0, 0.05) is 30.9 Å². The van der Waals surface area contributed by atoms with E-state index >= 15 is 0 Å². The van der Waals surface area contributed by atoms with Crippen LogP contribution in [0.5, 0.6) is 0 Å². The van der Waals surface area contributed by atoms with E-state index in [0.29, 0.717) is 18.9 Å². The van der Waals surface area contributed by atoms with Crippen LogP contribution in [-0.4, -0.2) is 41.5 Å². The Bertz CT molecular complexity index is 1160.